The van der Waals surface area contributed by atoms with Crippen molar-refractivity contribution >= 4 is 0 Å². The Morgan fingerprint density at radius 1 is 0.900 bits per heavy atom. The third kappa shape index (κ3) is 7.17. The molecule has 5 heteroatoms. The zero-order valence-electron chi connectivity index (χ0n) is 18.2. The highest BCUT2D eigenvalue weighted by Gasteiger charge is 2.22. The van der Waals surface area contributed by atoms with Crippen LogP contribution in [0.2, 0.25) is 0 Å². The van der Waals surface area contributed by atoms with Gasteiger partial charge in [0.25, 0.3) is 0 Å². The maximum Gasteiger partial charge on any atom is 0.123 e. The largest absolute Gasteiger partial charge is 0.388 e. The molecule has 1 aliphatic rings. The molecule has 1 fully saturated rings. The third-order valence-electron chi connectivity index (χ3n) is 5.66. The van der Waals surface area contributed by atoms with Crippen LogP contribution in [0.5, 0.6) is 0 Å². The van der Waals surface area contributed by atoms with Crippen LogP contribution >= 0.6 is 0 Å². The summed E-state index contributed by atoms with van der Waals surface area (Å²) in [5.41, 5.74) is 2.02. The first-order chi connectivity index (χ1) is 14.5. The minimum atomic E-state index is -0.546. The van der Waals surface area contributed by atoms with Crippen LogP contribution in [0.4, 0.5) is 4.39 Å². The van der Waals surface area contributed by atoms with E-state index >= 15 is 0 Å². The highest BCUT2D eigenvalue weighted by Crippen LogP contribution is 2.21. The second kappa shape index (κ2) is 11.6. The first-order valence-corrected chi connectivity index (χ1v) is 11.1. The molecule has 0 saturated carbocycles. The molecule has 0 spiro atoms. The molecule has 0 aromatic heterocycles. The SMILES string of the molecule is CC(C)COC(CN1CCN(CCC(O)c2ccc(F)cc2)CC1)c1ccccc1. The van der Waals surface area contributed by atoms with Crippen molar-refractivity contribution in [3.05, 3.63) is 71.5 Å². The highest BCUT2D eigenvalue weighted by molar-refractivity contribution is 5.19. The van der Waals surface area contributed by atoms with Gasteiger partial charge < -0.3 is 14.7 Å². The first-order valence-electron chi connectivity index (χ1n) is 11.1. The van der Waals surface area contributed by atoms with Crippen molar-refractivity contribution < 1.29 is 14.2 Å². The van der Waals surface area contributed by atoms with E-state index in [2.05, 4.69) is 47.9 Å². The fourth-order valence-corrected chi connectivity index (χ4v) is 3.82. The molecule has 164 valence electrons. The topological polar surface area (TPSA) is 35.9 Å². The van der Waals surface area contributed by atoms with Gasteiger partial charge >= 0.3 is 0 Å². The van der Waals surface area contributed by atoms with Crippen LogP contribution in [0.15, 0.2) is 54.6 Å². The van der Waals surface area contributed by atoms with Gasteiger partial charge in [0.2, 0.25) is 0 Å². The average molecular weight is 415 g/mol. The molecule has 2 aromatic carbocycles. The Hall–Kier alpha value is -1.79. The molecule has 2 aromatic rings. The fourth-order valence-electron chi connectivity index (χ4n) is 3.82. The lowest BCUT2D eigenvalue weighted by atomic mass is 10.1. The van der Waals surface area contributed by atoms with Crippen molar-refractivity contribution in [1.82, 2.24) is 9.80 Å². The summed E-state index contributed by atoms with van der Waals surface area (Å²) in [4.78, 5) is 4.88. The summed E-state index contributed by atoms with van der Waals surface area (Å²) in [6.07, 6.45) is 0.214. The quantitative estimate of drug-likeness (QED) is 0.630. The van der Waals surface area contributed by atoms with E-state index in [9.17, 15) is 9.50 Å². The maximum absolute atomic E-state index is 13.0. The number of hydrogen-bond acceptors (Lipinski definition) is 4. The van der Waals surface area contributed by atoms with Crippen molar-refractivity contribution in [1.29, 1.82) is 0 Å². The standard InChI is InChI=1S/C25H35FN2O2/c1-20(2)19-30-25(22-6-4-3-5-7-22)18-28-16-14-27(15-17-28)13-12-24(29)21-8-10-23(26)11-9-21/h3-11,20,24-25,29H,12-19H2,1-2H3. The molecule has 0 bridgehead atoms. The van der Waals surface area contributed by atoms with Crippen LogP contribution in [0.1, 0.15) is 43.6 Å². The smallest absolute Gasteiger partial charge is 0.123 e. The Bertz CT molecular complexity index is 731. The van der Waals surface area contributed by atoms with Gasteiger partial charge in [0.15, 0.2) is 0 Å². The van der Waals surface area contributed by atoms with E-state index in [0.29, 0.717) is 12.3 Å². The number of halogens is 1. The molecular formula is C25H35FN2O2. The van der Waals surface area contributed by atoms with Crippen LogP contribution in [0.25, 0.3) is 0 Å². The monoisotopic (exact) mass is 414 g/mol. The Morgan fingerprint density at radius 3 is 2.17 bits per heavy atom. The predicted octanol–water partition coefficient (Wildman–Crippen LogP) is 4.28. The number of nitrogens with zero attached hydrogens (tertiary/aromatic N) is 2. The van der Waals surface area contributed by atoms with Crippen LogP contribution in [0.3, 0.4) is 0 Å². The lowest BCUT2D eigenvalue weighted by Crippen LogP contribution is -2.48. The number of aliphatic hydroxyl groups excluding tert-OH is 1. The van der Waals surface area contributed by atoms with Crippen molar-refractivity contribution in [2.45, 2.75) is 32.5 Å². The zero-order chi connectivity index (χ0) is 21.3. The van der Waals surface area contributed by atoms with Gasteiger partial charge in [-0.05, 0) is 35.6 Å². The van der Waals surface area contributed by atoms with E-state index in [0.717, 1.165) is 51.4 Å². The van der Waals surface area contributed by atoms with E-state index in [-0.39, 0.29) is 11.9 Å². The summed E-state index contributed by atoms with van der Waals surface area (Å²) in [6, 6.07) is 16.6. The number of benzene rings is 2. The Balaban J connectivity index is 1.45. The zero-order valence-corrected chi connectivity index (χ0v) is 18.2. The van der Waals surface area contributed by atoms with Gasteiger partial charge in [-0.1, -0.05) is 56.3 Å². The maximum atomic E-state index is 13.0. The molecule has 0 aliphatic carbocycles. The van der Waals surface area contributed by atoms with Crippen molar-refractivity contribution in [2.75, 3.05) is 45.9 Å². The number of rotatable bonds is 10. The molecule has 4 nitrogen and oxygen atoms in total. The van der Waals surface area contributed by atoms with Gasteiger partial charge in [-0.3, -0.25) is 4.90 Å². The van der Waals surface area contributed by atoms with Crippen molar-refractivity contribution in [2.24, 2.45) is 5.92 Å². The molecule has 0 radical (unpaired) electrons. The second-order valence-electron chi connectivity index (χ2n) is 8.62. The summed E-state index contributed by atoms with van der Waals surface area (Å²) in [5.74, 6) is 0.244. The summed E-state index contributed by atoms with van der Waals surface area (Å²) in [6.45, 7) is 10.9. The van der Waals surface area contributed by atoms with Crippen LogP contribution < -0.4 is 0 Å². The van der Waals surface area contributed by atoms with Gasteiger partial charge in [0, 0.05) is 45.9 Å². The minimum absolute atomic E-state index is 0.0976. The molecule has 1 N–H and O–H groups in total. The summed E-state index contributed by atoms with van der Waals surface area (Å²) < 4.78 is 19.3. The molecule has 0 amide bonds. The second-order valence-corrected chi connectivity index (χ2v) is 8.62. The van der Waals surface area contributed by atoms with Crippen molar-refractivity contribution in [3.8, 4) is 0 Å². The van der Waals surface area contributed by atoms with Crippen LogP contribution in [-0.2, 0) is 4.74 Å². The van der Waals surface area contributed by atoms with Gasteiger partial charge in [-0.25, -0.2) is 4.39 Å². The minimum Gasteiger partial charge on any atom is -0.388 e. The molecule has 2 unspecified atom stereocenters. The van der Waals surface area contributed by atoms with E-state index in [1.165, 1.54) is 17.7 Å². The lowest BCUT2D eigenvalue weighted by molar-refractivity contribution is -0.000358. The summed E-state index contributed by atoms with van der Waals surface area (Å²) in [7, 11) is 0. The molecule has 1 saturated heterocycles. The average Bonchev–Trinajstić information content (AvgIpc) is 2.76. The van der Waals surface area contributed by atoms with Gasteiger partial charge in [-0.15, -0.1) is 0 Å². The predicted molar refractivity (Wildman–Crippen MR) is 119 cm³/mol. The van der Waals surface area contributed by atoms with E-state index in [1.54, 1.807) is 12.1 Å². The normalized spacial score (nSPS) is 17.9. The molecule has 2 atom stereocenters. The number of ether oxygens (including phenoxy) is 1. The molecule has 3 rings (SSSR count). The van der Waals surface area contributed by atoms with Crippen LogP contribution in [-0.4, -0.2) is 60.8 Å². The van der Waals surface area contributed by atoms with E-state index in [1.807, 2.05) is 6.07 Å². The first kappa shape index (κ1) is 22.9. The van der Waals surface area contributed by atoms with Gasteiger partial charge in [0.1, 0.15) is 5.82 Å². The van der Waals surface area contributed by atoms with Crippen molar-refractivity contribution in [3.63, 3.8) is 0 Å². The van der Waals surface area contributed by atoms with Gasteiger partial charge in [0.05, 0.1) is 12.2 Å². The Morgan fingerprint density at radius 2 is 1.53 bits per heavy atom. The highest BCUT2D eigenvalue weighted by atomic mass is 19.1. The Labute approximate surface area is 180 Å². The van der Waals surface area contributed by atoms with Gasteiger partial charge in [-0.2, -0.15) is 0 Å². The fraction of sp³-hybridized carbons (Fsp3) is 0.520. The molecule has 1 heterocycles. The summed E-state index contributed by atoms with van der Waals surface area (Å²) >= 11 is 0. The molecule has 1 aliphatic heterocycles. The van der Waals surface area contributed by atoms with Crippen LogP contribution in [0, 0.1) is 11.7 Å². The molecule has 30 heavy (non-hydrogen) atoms. The number of hydrogen-bond donors (Lipinski definition) is 1. The summed E-state index contributed by atoms with van der Waals surface area (Å²) in [5, 5.41) is 10.4. The van der Waals surface area contributed by atoms with E-state index < -0.39 is 6.10 Å². The number of piperazine rings is 1. The molecular weight excluding hydrogens is 379 g/mol. The lowest BCUT2D eigenvalue weighted by Gasteiger charge is -2.37. The number of aliphatic hydroxyl groups is 1. The van der Waals surface area contributed by atoms with E-state index in [4.69, 9.17) is 4.74 Å². The third-order valence-corrected chi connectivity index (χ3v) is 5.66. The Kier molecular flexibility index (Phi) is 8.82.